The number of hydrogen-bond donors (Lipinski definition) is 2. The zero-order valence-electron chi connectivity index (χ0n) is 14.2. The molecule has 0 aliphatic carbocycles. The van der Waals surface area contributed by atoms with Crippen LogP contribution < -0.4 is 10.6 Å². The number of benzene rings is 1. The summed E-state index contributed by atoms with van der Waals surface area (Å²) in [7, 11) is 1.92. The highest BCUT2D eigenvalue weighted by Gasteiger charge is 2.22. The van der Waals surface area contributed by atoms with Gasteiger partial charge in [0.2, 0.25) is 0 Å². The Kier molecular flexibility index (Phi) is 4.22. The summed E-state index contributed by atoms with van der Waals surface area (Å²) >= 11 is 0. The predicted molar refractivity (Wildman–Crippen MR) is 91.8 cm³/mol. The summed E-state index contributed by atoms with van der Waals surface area (Å²) < 4.78 is 1.92. The van der Waals surface area contributed by atoms with Crippen molar-refractivity contribution in [1.29, 1.82) is 0 Å². The summed E-state index contributed by atoms with van der Waals surface area (Å²) in [6.07, 6.45) is 0.911. The number of nitrogens with zero attached hydrogens (tertiary/aromatic N) is 2. The van der Waals surface area contributed by atoms with Crippen LogP contribution in [0.4, 0.5) is 5.69 Å². The number of nitrogens with one attached hydrogen (secondary N) is 2. The maximum Gasteiger partial charge on any atom is 0.291 e. The van der Waals surface area contributed by atoms with Crippen molar-refractivity contribution in [3.63, 3.8) is 0 Å². The Morgan fingerprint density at radius 1 is 1.39 bits per heavy atom. The van der Waals surface area contributed by atoms with Gasteiger partial charge < -0.3 is 15.2 Å². The van der Waals surface area contributed by atoms with Gasteiger partial charge in [-0.15, -0.1) is 0 Å². The van der Waals surface area contributed by atoms with Crippen molar-refractivity contribution >= 4 is 11.6 Å². The number of anilines is 1. The molecule has 1 aromatic carbocycles. The fourth-order valence-electron chi connectivity index (χ4n) is 3.25. The van der Waals surface area contributed by atoms with E-state index in [9.17, 15) is 4.79 Å². The van der Waals surface area contributed by atoms with E-state index in [0.717, 1.165) is 42.1 Å². The maximum absolute atomic E-state index is 12.7. The molecule has 0 unspecified atom stereocenters. The van der Waals surface area contributed by atoms with E-state index in [-0.39, 0.29) is 5.91 Å². The Hall–Kier alpha value is -2.14. The van der Waals surface area contributed by atoms with Crippen LogP contribution in [0.2, 0.25) is 0 Å². The molecular weight excluding hydrogens is 288 g/mol. The largest absolute Gasteiger partial charge is 0.327 e. The first-order valence-electron chi connectivity index (χ1n) is 8.15. The van der Waals surface area contributed by atoms with Crippen LogP contribution in [-0.2, 0) is 20.0 Å². The van der Waals surface area contributed by atoms with Gasteiger partial charge in [0.25, 0.3) is 5.91 Å². The quantitative estimate of drug-likeness (QED) is 0.916. The van der Waals surface area contributed by atoms with Crippen LogP contribution in [0.3, 0.4) is 0 Å². The minimum atomic E-state index is -0.147. The number of aromatic nitrogens is 2. The summed E-state index contributed by atoms with van der Waals surface area (Å²) in [5.74, 6) is 0.761. The number of carbonyl (C=O) groups is 1. The molecule has 3 rings (SSSR count). The molecule has 0 saturated carbocycles. The number of carbonyl (C=O) groups excluding carboxylic acids is 1. The first-order chi connectivity index (χ1) is 11.0. The highest BCUT2D eigenvalue weighted by molar-refractivity contribution is 6.02. The Balaban J connectivity index is 1.88. The van der Waals surface area contributed by atoms with E-state index in [2.05, 4.69) is 42.5 Å². The molecule has 0 saturated heterocycles. The van der Waals surface area contributed by atoms with Crippen molar-refractivity contribution in [2.24, 2.45) is 7.05 Å². The SMILES string of the molecule is Cc1c(NC(=O)c2nc3c(n2C)CCNC3)cccc1C(C)C. The van der Waals surface area contributed by atoms with Crippen LogP contribution in [0.25, 0.3) is 0 Å². The van der Waals surface area contributed by atoms with Crippen molar-refractivity contribution in [3.05, 3.63) is 46.5 Å². The van der Waals surface area contributed by atoms with E-state index in [1.807, 2.05) is 23.7 Å². The number of fused-ring (bicyclic) bond motifs is 1. The van der Waals surface area contributed by atoms with Gasteiger partial charge in [-0.25, -0.2) is 4.98 Å². The average Bonchev–Trinajstić information content (AvgIpc) is 2.87. The Bertz CT molecular complexity index is 746. The Labute approximate surface area is 137 Å². The van der Waals surface area contributed by atoms with E-state index in [1.165, 1.54) is 5.56 Å². The molecule has 0 bridgehead atoms. The molecule has 0 spiro atoms. The van der Waals surface area contributed by atoms with Crippen molar-refractivity contribution < 1.29 is 4.79 Å². The van der Waals surface area contributed by atoms with Crippen LogP contribution in [-0.4, -0.2) is 22.0 Å². The van der Waals surface area contributed by atoms with E-state index >= 15 is 0 Å². The molecule has 122 valence electrons. The van der Waals surface area contributed by atoms with Gasteiger partial charge in [-0.1, -0.05) is 26.0 Å². The highest BCUT2D eigenvalue weighted by atomic mass is 16.2. The molecule has 23 heavy (non-hydrogen) atoms. The summed E-state index contributed by atoms with van der Waals surface area (Å²) in [6, 6.07) is 6.05. The molecule has 0 fully saturated rings. The molecule has 1 aromatic heterocycles. The third-order valence-electron chi connectivity index (χ3n) is 4.58. The summed E-state index contributed by atoms with van der Waals surface area (Å²) in [5.41, 5.74) is 5.38. The van der Waals surface area contributed by atoms with Crippen LogP contribution in [0, 0.1) is 6.92 Å². The number of amides is 1. The lowest BCUT2D eigenvalue weighted by Gasteiger charge is -2.15. The van der Waals surface area contributed by atoms with Crippen LogP contribution in [0.15, 0.2) is 18.2 Å². The molecule has 5 nitrogen and oxygen atoms in total. The molecule has 1 aliphatic rings. The Morgan fingerprint density at radius 3 is 2.87 bits per heavy atom. The first-order valence-corrected chi connectivity index (χ1v) is 8.15. The van der Waals surface area contributed by atoms with E-state index in [4.69, 9.17) is 0 Å². The molecule has 1 amide bonds. The van der Waals surface area contributed by atoms with Gasteiger partial charge in [-0.2, -0.15) is 0 Å². The number of imidazole rings is 1. The molecule has 2 heterocycles. The normalized spacial score (nSPS) is 14.0. The standard InChI is InChI=1S/C18H24N4O/c1-11(2)13-6-5-7-14(12(13)3)21-18(23)17-20-15-10-19-9-8-16(15)22(17)4/h5-7,11,19H,8-10H2,1-4H3,(H,21,23). The van der Waals surface area contributed by atoms with Crippen LogP contribution in [0.5, 0.6) is 0 Å². The van der Waals surface area contributed by atoms with Gasteiger partial charge in [0.05, 0.1) is 5.69 Å². The second-order valence-corrected chi connectivity index (χ2v) is 6.44. The zero-order valence-corrected chi connectivity index (χ0v) is 14.2. The van der Waals surface area contributed by atoms with E-state index in [0.29, 0.717) is 11.7 Å². The van der Waals surface area contributed by atoms with Gasteiger partial charge >= 0.3 is 0 Å². The van der Waals surface area contributed by atoms with E-state index in [1.54, 1.807) is 0 Å². The minimum absolute atomic E-state index is 0.147. The molecule has 0 atom stereocenters. The molecule has 2 N–H and O–H groups in total. The lowest BCUT2D eigenvalue weighted by Crippen LogP contribution is -2.24. The van der Waals surface area contributed by atoms with Gasteiger partial charge in [-0.3, -0.25) is 4.79 Å². The lowest BCUT2D eigenvalue weighted by molar-refractivity contribution is 0.101. The summed E-state index contributed by atoms with van der Waals surface area (Å²) in [6.45, 7) is 8.04. The first kappa shape index (κ1) is 15.7. The molecule has 0 radical (unpaired) electrons. The third kappa shape index (κ3) is 2.88. The summed E-state index contributed by atoms with van der Waals surface area (Å²) in [5, 5.41) is 6.32. The number of rotatable bonds is 3. The van der Waals surface area contributed by atoms with Crippen LogP contribution in [0.1, 0.15) is 52.9 Å². The molecule has 1 aliphatic heterocycles. The zero-order chi connectivity index (χ0) is 16.6. The van der Waals surface area contributed by atoms with Gasteiger partial charge in [0.15, 0.2) is 5.82 Å². The monoisotopic (exact) mass is 312 g/mol. The van der Waals surface area contributed by atoms with Crippen molar-refractivity contribution in [3.8, 4) is 0 Å². The van der Waals surface area contributed by atoms with Crippen molar-refractivity contribution in [2.45, 2.75) is 39.7 Å². The lowest BCUT2D eigenvalue weighted by atomic mass is 9.97. The topological polar surface area (TPSA) is 59.0 Å². The van der Waals surface area contributed by atoms with Crippen molar-refractivity contribution in [1.82, 2.24) is 14.9 Å². The van der Waals surface area contributed by atoms with Gasteiger partial charge in [-0.05, 0) is 30.0 Å². The number of hydrogen-bond acceptors (Lipinski definition) is 3. The predicted octanol–water partition coefficient (Wildman–Crippen LogP) is 2.75. The summed E-state index contributed by atoms with van der Waals surface area (Å²) in [4.78, 5) is 17.2. The second kappa shape index (κ2) is 6.16. The highest BCUT2D eigenvalue weighted by Crippen LogP contribution is 2.25. The fraction of sp³-hybridized carbons (Fsp3) is 0.444. The molecular formula is C18H24N4O. The van der Waals surface area contributed by atoms with Crippen molar-refractivity contribution in [2.75, 3.05) is 11.9 Å². The second-order valence-electron chi connectivity index (χ2n) is 6.44. The molecule has 2 aromatic rings. The smallest absolute Gasteiger partial charge is 0.291 e. The van der Waals surface area contributed by atoms with Gasteiger partial charge in [0, 0.05) is 37.9 Å². The van der Waals surface area contributed by atoms with Gasteiger partial charge in [0.1, 0.15) is 0 Å². The fourth-order valence-corrected chi connectivity index (χ4v) is 3.25. The third-order valence-corrected chi connectivity index (χ3v) is 4.58. The Morgan fingerprint density at radius 2 is 2.17 bits per heavy atom. The minimum Gasteiger partial charge on any atom is -0.327 e. The van der Waals surface area contributed by atoms with E-state index < -0.39 is 0 Å². The molecule has 5 heteroatoms. The average molecular weight is 312 g/mol. The van der Waals surface area contributed by atoms with Crippen LogP contribution >= 0.6 is 0 Å². The maximum atomic E-state index is 12.7.